The zero-order valence-electron chi connectivity index (χ0n) is 18.0. The van der Waals surface area contributed by atoms with E-state index in [9.17, 15) is 18.0 Å². The van der Waals surface area contributed by atoms with Crippen LogP contribution in [-0.2, 0) is 19.6 Å². The number of esters is 1. The van der Waals surface area contributed by atoms with Gasteiger partial charge in [0.1, 0.15) is 0 Å². The molecule has 33 heavy (non-hydrogen) atoms. The van der Waals surface area contributed by atoms with Gasteiger partial charge in [0.25, 0.3) is 0 Å². The molecule has 1 atom stereocenters. The van der Waals surface area contributed by atoms with Crippen molar-refractivity contribution in [2.75, 3.05) is 13.1 Å². The van der Waals surface area contributed by atoms with Crippen molar-refractivity contribution in [3.8, 4) is 0 Å². The number of hydrogen-bond donors (Lipinski definition) is 0. The van der Waals surface area contributed by atoms with Gasteiger partial charge in [0, 0.05) is 24.2 Å². The molecule has 170 valence electrons. The SMILES string of the molecule is O=C(OC(C(=O)c1ccccc1)c1ccccc1)C1CCN(S(=O)(=O)c2ccccc2)CC1. The molecule has 1 aliphatic rings. The highest BCUT2D eigenvalue weighted by molar-refractivity contribution is 7.89. The molecule has 0 spiro atoms. The van der Waals surface area contributed by atoms with E-state index in [4.69, 9.17) is 4.74 Å². The Kier molecular flexibility index (Phi) is 7.01. The number of carbonyl (C=O) groups excluding carboxylic acids is 2. The predicted molar refractivity (Wildman–Crippen MR) is 124 cm³/mol. The minimum atomic E-state index is -3.60. The summed E-state index contributed by atoms with van der Waals surface area (Å²) in [6.07, 6.45) is -0.370. The summed E-state index contributed by atoms with van der Waals surface area (Å²) in [5.74, 6) is -1.24. The molecule has 6 nitrogen and oxygen atoms in total. The van der Waals surface area contributed by atoms with Gasteiger partial charge in [0.05, 0.1) is 10.8 Å². The highest BCUT2D eigenvalue weighted by atomic mass is 32.2. The molecule has 1 fully saturated rings. The smallest absolute Gasteiger partial charge is 0.310 e. The third-order valence-corrected chi connectivity index (χ3v) is 7.71. The lowest BCUT2D eigenvalue weighted by atomic mass is 9.97. The van der Waals surface area contributed by atoms with Crippen molar-refractivity contribution in [3.63, 3.8) is 0 Å². The van der Waals surface area contributed by atoms with Crippen LogP contribution in [0, 0.1) is 5.92 Å². The minimum absolute atomic E-state index is 0.222. The quantitative estimate of drug-likeness (QED) is 0.386. The van der Waals surface area contributed by atoms with E-state index < -0.39 is 28.0 Å². The van der Waals surface area contributed by atoms with Gasteiger partial charge in [-0.3, -0.25) is 9.59 Å². The lowest BCUT2D eigenvalue weighted by Crippen LogP contribution is -2.41. The van der Waals surface area contributed by atoms with Crippen LogP contribution in [-0.4, -0.2) is 37.6 Å². The molecule has 0 radical (unpaired) electrons. The molecule has 0 saturated carbocycles. The number of nitrogens with zero attached hydrogens (tertiary/aromatic N) is 1. The Balaban J connectivity index is 1.45. The third-order valence-electron chi connectivity index (χ3n) is 5.80. The summed E-state index contributed by atoms with van der Waals surface area (Å²) in [7, 11) is -3.60. The standard InChI is InChI=1S/C26H25NO5S/c28-24(20-10-4-1-5-11-20)25(21-12-6-2-7-13-21)32-26(29)22-16-18-27(19-17-22)33(30,31)23-14-8-3-9-15-23/h1-15,22,25H,16-19H2. The Morgan fingerprint density at radius 2 is 1.30 bits per heavy atom. The van der Waals surface area contributed by atoms with Crippen LogP contribution >= 0.6 is 0 Å². The number of ketones is 1. The number of piperidine rings is 1. The first-order chi connectivity index (χ1) is 16.0. The fraction of sp³-hybridized carbons (Fsp3) is 0.231. The second-order valence-electron chi connectivity index (χ2n) is 7.95. The molecule has 1 unspecified atom stereocenters. The van der Waals surface area contributed by atoms with E-state index >= 15 is 0 Å². The maximum atomic E-state index is 13.1. The lowest BCUT2D eigenvalue weighted by molar-refractivity contribution is -0.153. The molecule has 1 heterocycles. The van der Waals surface area contributed by atoms with Gasteiger partial charge in [0.15, 0.2) is 6.10 Å². The molecule has 0 bridgehead atoms. The van der Waals surface area contributed by atoms with E-state index in [1.165, 1.54) is 4.31 Å². The number of rotatable bonds is 7. The van der Waals surface area contributed by atoms with Crippen LogP contribution in [0.5, 0.6) is 0 Å². The van der Waals surface area contributed by atoms with E-state index in [0.717, 1.165) is 0 Å². The van der Waals surface area contributed by atoms with Crippen molar-refractivity contribution in [1.29, 1.82) is 0 Å². The van der Waals surface area contributed by atoms with Gasteiger partial charge in [-0.1, -0.05) is 78.9 Å². The average Bonchev–Trinajstić information content (AvgIpc) is 2.88. The summed E-state index contributed by atoms with van der Waals surface area (Å²) in [6, 6.07) is 25.9. The predicted octanol–water partition coefficient (Wildman–Crippen LogP) is 4.25. The summed E-state index contributed by atoms with van der Waals surface area (Å²) >= 11 is 0. The number of carbonyl (C=O) groups is 2. The largest absolute Gasteiger partial charge is 0.449 e. The number of Topliss-reactive ketones (excluding diaryl/α,β-unsaturated/α-hetero) is 1. The lowest BCUT2D eigenvalue weighted by Gasteiger charge is -2.31. The summed E-state index contributed by atoms with van der Waals surface area (Å²) < 4.78 is 32.8. The third kappa shape index (κ3) is 5.21. The zero-order chi connectivity index (χ0) is 23.3. The van der Waals surface area contributed by atoms with Crippen molar-refractivity contribution in [2.45, 2.75) is 23.8 Å². The van der Waals surface area contributed by atoms with Gasteiger partial charge in [-0.25, -0.2) is 8.42 Å². The Morgan fingerprint density at radius 3 is 1.88 bits per heavy atom. The second kappa shape index (κ2) is 10.1. The Morgan fingerprint density at radius 1 is 0.788 bits per heavy atom. The number of sulfonamides is 1. The van der Waals surface area contributed by atoms with Crippen LogP contribution in [0.15, 0.2) is 95.9 Å². The molecular weight excluding hydrogens is 438 g/mol. The first-order valence-electron chi connectivity index (χ1n) is 10.9. The van der Waals surface area contributed by atoms with Gasteiger partial charge in [-0.15, -0.1) is 0 Å². The highest BCUT2D eigenvalue weighted by Crippen LogP contribution is 2.28. The van der Waals surface area contributed by atoms with Crippen LogP contribution in [0.3, 0.4) is 0 Å². The van der Waals surface area contributed by atoms with Gasteiger partial charge >= 0.3 is 5.97 Å². The summed E-state index contributed by atoms with van der Waals surface area (Å²) in [5, 5.41) is 0. The van der Waals surface area contributed by atoms with Crippen LogP contribution in [0.2, 0.25) is 0 Å². The van der Waals surface area contributed by atoms with E-state index in [0.29, 0.717) is 24.0 Å². The molecular formula is C26H25NO5S. The van der Waals surface area contributed by atoms with Crippen LogP contribution in [0.1, 0.15) is 34.9 Å². The van der Waals surface area contributed by atoms with Gasteiger partial charge in [-0.05, 0) is 25.0 Å². The fourth-order valence-corrected chi connectivity index (χ4v) is 5.43. The maximum absolute atomic E-state index is 13.1. The Labute approximate surface area is 193 Å². The second-order valence-corrected chi connectivity index (χ2v) is 9.89. The number of benzene rings is 3. The first-order valence-corrected chi connectivity index (χ1v) is 12.3. The molecule has 0 amide bonds. The Hall–Kier alpha value is -3.29. The maximum Gasteiger partial charge on any atom is 0.310 e. The van der Waals surface area contributed by atoms with Gasteiger partial charge in [-0.2, -0.15) is 4.31 Å². The summed E-state index contributed by atoms with van der Waals surface area (Å²) in [5.41, 5.74) is 1.06. The van der Waals surface area contributed by atoms with Crippen molar-refractivity contribution < 1.29 is 22.7 Å². The molecule has 3 aromatic carbocycles. The molecule has 0 aliphatic carbocycles. The minimum Gasteiger partial charge on any atom is -0.449 e. The molecule has 7 heteroatoms. The van der Waals surface area contributed by atoms with Crippen molar-refractivity contribution in [2.24, 2.45) is 5.92 Å². The summed E-state index contributed by atoms with van der Waals surface area (Å²) in [6.45, 7) is 0.444. The average molecular weight is 464 g/mol. The zero-order valence-corrected chi connectivity index (χ0v) is 18.9. The van der Waals surface area contributed by atoms with E-state index in [-0.39, 0.29) is 23.8 Å². The molecule has 1 saturated heterocycles. The first kappa shape index (κ1) is 22.9. The summed E-state index contributed by atoms with van der Waals surface area (Å²) in [4.78, 5) is 26.4. The normalized spacial score (nSPS) is 16.1. The molecule has 0 N–H and O–H groups in total. The van der Waals surface area contributed by atoms with Crippen LogP contribution < -0.4 is 0 Å². The topological polar surface area (TPSA) is 80.8 Å². The van der Waals surface area contributed by atoms with Gasteiger partial charge in [0.2, 0.25) is 15.8 Å². The van der Waals surface area contributed by atoms with Crippen molar-refractivity contribution in [3.05, 3.63) is 102 Å². The van der Waals surface area contributed by atoms with E-state index in [1.54, 1.807) is 78.9 Å². The number of hydrogen-bond acceptors (Lipinski definition) is 5. The molecule has 4 rings (SSSR count). The highest BCUT2D eigenvalue weighted by Gasteiger charge is 2.35. The van der Waals surface area contributed by atoms with Crippen LogP contribution in [0.4, 0.5) is 0 Å². The van der Waals surface area contributed by atoms with E-state index in [1.807, 2.05) is 12.1 Å². The monoisotopic (exact) mass is 463 g/mol. The van der Waals surface area contributed by atoms with E-state index in [2.05, 4.69) is 0 Å². The van der Waals surface area contributed by atoms with Crippen molar-refractivity contribution >= 4 is 21.8 Å². The number of ether oxygens (including phenoxy) is 1. The fourth-order valence-electron chi connectivity index (χ4n) is 3.94. The molecule has 1 aliphatic heterocycles. The van der Waals surface area contributed by atoms with Gasteiger partial charge < -0.3 is 4.74 Å². The van der Waals surface area contributed by atoms with Crippen molar-refractivity contribution in [1.82, 2.24) is 4.31 Å². The Bertz CT molecular complexity index is 1190. The van der Waals surface area contributed by atoms with Crippen LogP contribution in [0.25, 0.3) is 0 Å². The molecule has 0 aromatic heterocycles. The molecule has 3 aromatic rings.